The summed E-state index contributed by atoms with van der Waals surface area (Å²) >= 11 is 0. The summed E-state index contributed by atoms with van der Waals surface area (Å²) in [6.07, 6.45) is 0. The van der Waals surface area contributed by atoms with Crippen molar-refractivity contribution in [2.45, 2.75) is 20.4 Å². The summed E-state index contributed by atoms with van der Waals surface area (Å²) in [4.78, 5) is 0. The Balaban J connectivity index is 1.80. The highest BCUT2D eigenvalue weighted by Gasteiger charge is 2.00. The molecular weight excluding hydrogens is 330 g/mol. The van der Waals surface area contributed by atoms with Gasteiger partial charge in [0.2, 0.25) is 0 Å². The summed E-state index contributed by atoms with van der Waals surface area (Å²) in [7, 11) is 0. The van der Waals surface area contributed by atoms with Gasteiger partial charge in [0.15, 0.2) is 0 Å². The Hall–Kier alpha value is -2.24. The summed E-state index contributed by atoms with van der Waals surface area (Å²) in [6, 6.07) is 16.0. The molecule has 0 aromatic heterocycles. The van der Waals surface area contributed by atoms with Crippen molar-refractivity contribution in [1.82, 2.24) is 0 Å². The second kappa shape index (κ2) is 12.2. The molecule has 0 fully saturated rings. The lowest BCUT2D eigenvalue weighted by Crippen LogP contribution is -2.07. The molecule has 142 valence electrons. The van der Waals surface area contributed by atoms with Crippen molar-refractivity contribution >= 4 is 5.69 Å². The minimum Gasteiger partial charge on any atom is -0.491 e. The van der Waals surface area contributed by atoms with Gasteiger partial charge < -0.3 is 24.3 Å². The van der Waals surface area contributed by atoms with Crippen molar-refractivity contribution in [3.05, 3.63) is 54.1 Å². The number of hydrogen-bond donors (Lipinski definition) is 1. The van der Waals surface area contributed by atoms with Gasteiger partial charge in [0.05, 0.1) is 13.2 Å². The number of nitrogens with one attached hydrogen (secondary N) is 1. The molecule has 26 heavy (non-hydrogen) atoms. The molecule has 0 amide bonds. The zero-order valence-electron chi connectivity index (χ0n) is 15.7. The maximum atomic E-state index is 5.70. The monoisotopic (exact) mass is 359 g/mol. The topological polar surface area (TPSA) is 49.0 Å². The number of benzene rings is 2. The molecule has 0 saturated heterocycles. The van der Waals surface area contributed by atoms with E-state index in [-0.39, 0.29) is 0 Å². The van der Waals surface area contributed by atoms with Crippen LogP contribution >= 0.6 is 0 Å². The summed E-state index contributed by atoms with van der Waals surface area (Å²) in [6.45, 7) is 8.41. The van der Waals surface area contributed by atoms with Crippen molar-refractivity contribution in [3.8, 4) is 11.5 Å². The lowest BCUT2D eigenvalue weighted by Gasteiger charge is -2.11. The minimum atomic E-state index is 0.554. The van der Waals surface area contributed by atoms with Crippen LogP contribution in [0.1, 0.15) is 19.4 Å². The van der Waals surface area contributed by atoms with Gasteiger partial charge in [0.1, 0.15) is 24.7 Å². The molecule has 0 aliphatic carbocycles. The van der Waals surface area contributed by atoms with Crippen molar-refractivity contribution in [2.24, 2.45) is 0 Å². The molecule has 2 aromatic carbocycles. The van der Waals surface area contributed by atoms with Gasteiger partial charge in [0, 0.05) is 31.5 Å². The fourth-order valence-electron chi connectivity index (χ4n) is 2.37. The smallest absolute Gasteiger partial charge is 0.121 e. The van der Waals surface area contributed by atoms with Gasteiger partial charge in [0.25, 0.3) is 0 Å². The maximum absolute atomic E-state index is 5.70. The van der Waals surface area contributed by atoms with E-state index in [1.54, 1.807) is 0 Å². The van der Waals surface area contributed by atoms with Gasteiger partial charge in [-0.25, -0.2) is 0 Å². The van der Waals surface area contributed by atoms with E-state index in [1.165, 1.54) is 0 Å². The van der Waals surface area contributed by atoms with Crippen LogP contribution < -0.4 is 14.8 Å². The van der Waals surface area contributed by atoms with Gasteiger partial charge in [-0.2, -0.15) is 0 Å². The predicted octanol–water partition coefficient (Wildman–Crippen LogP) is 4.13. The van der Waals surface area contributed by atoms with E-state index in [2.05, 4.69) is 11.4 Å². The minimum absolute atomic E-state index is 0.554. The van der Waals surface area contributed by atoms with Crippen molar-refractivity contribution in [3.63, 3.8) is 0 Å². The average Bonchev–Trinajstić information content (AvgIpc) is 2.68. The largest absolute Gasteiger partial charge is 0.491 e. The molecule has 0 aliphatic heterocycles. The molecule has 0 saturated carbocycles. The third kappa shape index (κ3) is 7.76. The molecule has 0 unspecified atom stereocenters. The van der Waals surface area contributed by atoms with E-state index < -0.39 is 0 Å². The zero-order chi connectivity index (χ0) is 18.5. The first-order chi connectivity index (χ1) is 12.8. The number of rotatable bonds is 13. The molecule has 2 aromatic rings. The molecule has 5 heteroatoms. The van der Waals surface area contributed by atoms with E-state index in [9.17, 15) is 0 Å². The van der Waals surface area contributed by atoms with Crippen LogP contribution in [0.5, 0.6) is 11.5 Å². The Bertz CT molecular complexity index is 577. The van der Waals surface area contributed by atoms with Crippen LogP contribution in [0.3, 0.4) is 0 Å². The molecule has 0 bridgehead atoms. The first-order valence-electron chi connectivity index (χ1n) is 9.15. The molecule has 1 N–H and O–H groups in total. The Morgan fingerprint density at radius 3 is 2.00 bits per heavy atom. The van der Waals surface area contributed by atoms with Crippen LogP contribution in [0.4, 0.5) is 5.69 Å². The van der Waals surface area contributed by atoms with E-state index in [0.29, 0.717) is 46.2 Å². The Morgan fingerprint density at radius 2 is 1.35 bits per heavy atom. The van der Waals surface area contributed by atoms with Crippen LogP contribution in [0.2, 0.25) is 0 Å². The predicted molar refractivity (Wildman–Crippen MR) is 104 cm³/mol. The number of ether oxygens (including phenoxy) is 4. The highest BCUT2D eigenvalue weighted by atomic mass is 16.5. The molecule has 0 radical (unpaired) electrons. The van der Waals surface area contributed by atoms with Gasteiger partial charge in [-0.15, -0.1) is 0 Å². The van der Waals surface area contributed by atoms with Crippen LogP contribution in [-0.2, 0) is 16.0 Å². The second-order valence-corrected chi connectivity index (χ2v) is 5.62. The van der Waals surface area contributed by atoms with E-state index in [0.717, 1.165) is 22.7 Å². The molecule has 0 spiro atoms. The zero-order valence-corrected chi connectivity index (χ0v) is 15.7. The Kier molecular flexibility index (Phi) is 9.40. The summed E-state index contributed by atoms with van der Waals surface area (Å²) in [5.41, 5.74) is 2.17. The van der Waals surface area contributed by atoms with E-state index >= 15 is 0 Å². The molecule has 5 nitrogen and oxygen atoms in total. The van der Waals surface area contributed by atoms with Crippen molar-refractivity contribution < 1.29 is 18.9 Å². The fourth-order valence-corrected chi connectivity index (χ4v) is 2.37. The van der Waals surface area contributed by atoms with E-state index in [4.69, 9.17) is 18.9 Å². The summed E-state index contributed by atoms with van der Waals surface area (Å²) in [5, 5.41) is 3.42. The van der Waals surface area contributed by atoms with Crippen molar-refractivity contribution in [2.75, 3.05) is 45.0 Å². The standard InChI is InChI=1S/C21H29NO4/c1-3-23-11-13-25-20-9-5-7-18(15-20)17-22-19-8-6-10-21(16-19)26-14-12-24-4-2/h5-10,15-16,22H,3-4,11-14,17H2,1-2H3. The molecular formula is C21H29NO4. The van der Waals surface area contributed by atoms with E-state index in [1.807, 2.05) is 56.3 Å². The summed E-state index contributed by atoms with van der Waals surface area (Å²) in [5.74, 6) is 1.69. The fraction of sp³-hybridized carbons (Fsp3) is 0.429. The van der Waals surface area contributed by atoms with Crippen molar-refractivity contribution in [1.29, 1.82) is 0 Å². The van der Waals surface area contributed by atoms with Crippen LogP contribution in [-0.4, -0.2) is 39.6 Å². The Labute approximate surface area is 156 Å². The molecule has 0 aliphatic rings. The van der Waals surface area contributed by atoms with Gasteiger partial charge >= 0.3 is 0 Å². The molecule has 0 atom stereocenters. The molecule has 2 rings (SSSR count). The first kappa shape index (κ1) is 20.1. The lowest BCUT2D eigenvalue weighted by atomic mass is 10.2. The SMILES string of the molecule is CCOCCOc1cccc(CNc2cccc(OCCOCC)c2)c1. The van der Waals surface area contributed by atoms with Crippen LogP contribution in [0.25, 0.3) is 0 Å². The van der Waals surface area contributed by atoms with Crippen LogP contribution in [0.15, 0.2) is 48.5 Å². The molecule has 0 heterocycles. The third-order valence-electron chi connectivity index (χ3n) is 3.63. The third-order valence-corrected chi connectivity index (χ3v) is 3.63. The summed E-state index contributed by atoms with van der Waals surface area (Å²) < 4.78 is 22.0. The normalized spacial score (nSPS) is 10.5. The van der Waals surface area contributed by atoms with Crippen LogP contribution in [0, 0.1) is 0 Å². The van der Waals surface area contributed by atoms with Gasteiger partial charge in [-0.3, -0.25) is 0 Å². The lowest BCUT2D eigenvalue weighted by molar-refractivity contribution is 0.110. The average molecular weight is 359 g/mol. The Morgan fingerprint density at radius 1 is 0.731 bits per heavy atom. The highest BCUT2D eigenvalue weighted by Crippen LogP contribution is 2.19. The van der Waals surface area contributed by atoms with Gasteiger partial charge in [-0.1, -0.05) is 18.2 Å². The second-order valence-electron chi connectivity index (χ2n) is 5.62. The number of hydrogen-bond acceptors (Lipinski definition) is 5. The quantitative estimate of drug-likeness (QED) is 0.545. The van der Waals surface area contributed by atoms with Gasteiger partial charge in [-0.05, 0) is 43.7 Å². The first-order valence-corrected chi connectivity index (χ1v) is 9.15. The maximum Gasteiger partial charge on any atom is 0.121 e. The number of anilines is 1. The highest BCUT2D eigenvalue weighted by molar-refractivity contribution is 5.48.